The van der Waals surface area contributed by atoms with E-state index in [1.165, 1.54) is 119 Å². The minimum Gasteiger partial charge on any atom is -0.335 e. The fourth-order valence-electron chi connectivity index (χ4n) is 16.4. The van der Waals surface area contributed by atoms with Crippen molar-refractivity contribution >= 4 is 46.1 Å². The summed E-state index contributed by atoms with van der Waals surface area (Å²) in [4.78, 5) is 5.83. The molecule has 2 nitrogen and oxygen atoms in total. The van der Waals surface area contributed by atoms with Crippen molar-refractivity contribution in [3.63, 3.8) is 0 Å². The highest BCUT2D eigenvalue weighted by atomic mass is 15.3. The third kappa shape index (κ3) is 5.87. The number of hydrogen-bond donors (Lipinski definition) is 0. The zero-order chi connectivity index (χ0) is 49.8. The fraction of sp³-hybridized carbons (Fsp3) is 0.522. The van der Waals surface area contributed by atoms with Crippen LogP contribution in [0, 0.1) is 5.41 Å². The second-order valence-corrected chi connectivity index (χ2v) is 28.7. The highest BCUT2D eigenvalue weighted by Crippen LogP contribution is 2.69. The van der Waals surface area contributed by atoms with E-state index in [1.54, 1.807) is 33.3 Å². The number of benzene rings is 5. The summed E-state index contributed by atoms with van der Waals surface area (Å²) in [5.74, 6) is 0.710. The maximum absolute atomic E-state index is 3.01. The molecule has 4 aliphatic carbocycles. The Morgan fingerprint density at radius 3 is 1.81 bits per heavy atom. The van der Waals surface area contributed by atoms with Gasteiger partial charge in [-0.15, -0.1) is 0 Å². The third-order valence-corrected chi connectivity index (χ3v) is 21.1. The van der Waals surface area contributed by atoms with Crippen molar-refractivity contribution in [3.8, 4) is 0 Å². The molecule has 3 heteroatoms. The summed E-state index contributed by atoms with van der Waals surface area (Å²) in [5, 5.41) is 0. The lowest BCUT2D eigenvalue weighted by Crippen LogP contribution is -2.62. The second-order valence-electron chi connectivity index (χ2n) is 28.7. The number of nitrogens with zero attached hydrogens (tertiary/aromatic N) is 2. The molecule has 3 aliphatic heterocycles. The molecule has 2 fully saturated rings. The van der Waals surface area contributed by atoms with Crippen LogP contribution in [0.3, 0.4) is 0 Å². The van der Waals surface area contributed by atoms with E-state index < -0.39 is 0 Å². The lowest BCUT2D eigenvalue weighted by molar-refractivity contribution is 0.0923. The Morgan fingerprint density at radius 2 is 1.16 bits per heavy atom. The number of fused-ring (bicyclic) bond motifs is 11. The van der Waals surface area contributed by atoms with E-state index in [4.69, 9.17) is 0 Å². The monoisotopic (exact) mass is 927 g/mol. The van der Waals surface area contributed by atoms with Crippen LogP contribution in [0.15, 0.2) is 90.4 Å². The van der Waals surface area contributed by atoms with Gasteiger partial charge in [0.1, 0.15) is 0 Å². The summed E-state index contributed by atoms with van der Waals surface area (Å²) in [6.45, 7) is 42.3. The SMILES string of the molecule is CC(C)c1cc2c3c(c1)C1(C)CCCCC1(C)N3c1cc(C3c4ccc(C(C)(C)C)cc4C4(C)CCCCC34C)cc3c1B2C1=C(c2cc(C(C)(C)C)ccc2C1(C)C)N3c1ccc(C(C)(C)C)cc1. The van der Waals surface area contributed by atoms with Crippen LogP contribution in [-0.4, -0.2) is 12.3 Å². The maximum atomic E-state index is 3.01. The lowest BCUT2D eigenvalue weighted by Gasteiger charge is -2.53. The van der Waals surface area contributed by atoms with Crippen LogP contribution in [0.4, 0.5) is 22.7 Å². The minimum atomic E-state index is -0.211. The molecule has 0 radical (unpaired) electrons. The number of hydrogen-bond acceptors (Lipinski definition) is 2. The summed E-state index contributed by atoms with van der Waals surface area (Å²) in [7, 11) is 0. The van der Waals surface area contributed by atoms with Crippen molar-refractivity contribution in [2.75, 3.05) is 9.80 Å². The molecule has 364 valence electrons. The molecule has 5 unspecified atom stereocenters. The summed E-state index contributed by atoms with van der Waals surface area (Å²) in [6, 6.07) is 36.2. The van der Waals surface area contributed by atoms with Gasteiger partial charge in [-0.1, -0.05) is 197 Å². The molecule has 0 amide bonds. The summed E-state index contributed by atoms with van der Waals surface area (Å²) >= 11 is 0. The van der Waals surface area contributed by atoms with Gasteiger partial charge < -0.3 is 9.80 Å². The van der Waals surface area contributed by atoms with E-state index in [1.807, 2.05) is 0 Å². The Balaban J connectivity index is 1.24. The van der Waals surface area contributed by atoms with E-state index in [-0.39, 0.29) is 56.1 Å². The molecular weight excluding hydrogens is 844 g/mol. The van der Waals surface area contributed by atoms with Crippen molar-refractivity contribution in [1.82, 2.24) is 0 Å². The Kier molecular flexibility index (Phi) is 9.57. The predicted octanol–water partition coefficient (Wildman–Crippen LogP) is 16.7. The van der Waals surface area contributed by atoms with E-state index >= 15 is 0 Å². The molecule has 0 bridgehead atoms. The van der Waals surface area contributed by atoms with Crippen molar-refractivity contribution in [2.24, 2.45) is 5.41 Å². The molecule has 0 spiro atoms. The summed E-state index contributed by atoms with van der Waals surface area (Å²) in [6.07, 6.45) is 10.1. The molecule has 12 rings (SSSR count). The van der Waals surface area contributed by atoms with Crippen molar-refractivity contribution in [3.05, 3.63) is 146 Å². The molecule has 0 aromatic heterocycles. The van der Waals surface area contributed by atoms with E-state index in [0.29, 0.717) is 5.92 Å². The fourth-order valence-corrected chi connectivity index (χ4v) is 16.4. The number of allylic oxidation sites excluding steroid dienone is 1. The van der Waals surface area contributed by atoms with Crippen LogP contribution < -0.4 is 20.7 Å². The predicted molar refractivity (Wildman–Crippen MR) is 302 cm³/mol. The van der Waals surface area contributed by atoms with Gasteiger partial charge >= 0.3 is 0 Å². The highest BCUT2D eigenvalue weighted by molar-refractivity contribution is 6.96. The molecule has 0 saturated heterocycles. The van der Waals surface area contributed by atoms with Crippen LogP contribution in [0.1, 0.15) is 237 Å². The van der Waals surface area contributed by atoms with Gasteiger partial charge in [0.25, 0.3) is 0 Å². The molecule has 70 heavy (non-hydrogen) atoms. The second kappa shape index (κ2) is 14.4. The Bertz CT molecular complexity index is 3090. The normalized spacial score (nSPS) is 28.1. The van der Waals surface area contributed by atoms with Gasteiger partial charge in [-0.3, -0.25) is 0 Å². The van der Waals surface area contributed by atoms with Gasteiger partial charge in [-0.2, -0.15) is 0 Å². The standard InChI is InChI=1S/C67H83BN2/c1-40(2)41-34-51-58-52(35-41)68-56-53(69(46-26-22-43(23-27-46)60(3,4)5)57-48-38-44(61(6,7)8)25-29-49(48)63(12,13)59(57)68)36-42(37-54(56)70(58)67(17)33-21-20-31-65(51,67)15)55-47-28-24-45(62(9,10)11)39-50(47)64(14)30-18-19-32-66(55,64)16/h22-29,34-40,55H,18-21,30-33H2,1-17H3. The first-order valence-electron chi connectivity index (χ1n) is 27.8. The molecular formula is C67H83BN2. The quantitative estimate of drug-likeness (QED) is 0.166. The summed E-state index contributed by atoms with van der Waals surface area (Å²) in [5.41, 5.74) is 26.9. The lowest BCUT2D eigenvalue weighted by atomic mass is 9.30. The molecule has 7 aliphatic rings. The van der Waals surface area contributed by atoms with Gasteiger partial charge in [-0.25, -0.2) is 0 Å². The number of rotatable bonds is 3. The topological polar surface area (TPSA) is 6.48 Å². The van der Waals surface area contributed by atoms with Crippen molar-refractivity contribution in [1.29, 1.82) is 0 Å². The van der Waals surface area contributed by atoms with E-state index in [9.17, 15) is 0 Å². The van der Waals surface area contributed by atoms with Crippen LogP contribution in [-0.2, 0) is 32.5 Å². The molecule has 0 N–H and O–H groups in total. The van der Waals surface area contributed by atoms with Gasteiger partial charge in [0.15, 0.2) is 0 Å². The zero-order valence-electron chi connectivity index (χ0n) is 46.4. The third-order valence-electron chi connectivity index (χ3n) is 21.1. The van der Waals surface area contributed by atoms with E-state index in [2.05, 4.69) is 212 Å². The van der Waals surface area contributed by atoms with E-state index in [0.717, 1.165) is 0 Å². The van der Waals surface area contributed by atoms with Crippen LogP contribution in [0.5, 0.6) is 0 Å². The molecule has 5 aromatic carbocycles. The van der Waals surface area contributed by atoms with Gasteiger partial charge in [0, 0.05) is 50.8 Å². The van der Waals surface area contributed by atoms with Crippen molar-refractivity contribution in [2.45, 2.75) is 219 Å². The zero-order valence-corrected chi connectivity index (χ0v) is 46.4. The minimum absolute atomic E-state index is 0.0122. The van der Waals surface area contributed by atoms with Crippen LogP contribution >= 0.6 is 0 Å². The molecule has 2 saturated carbocycles. The number of anilines is 4. The smallest absolute Gasteiger partial charge is 0.248 e. The van der Waals surface area contributed by atoms with Gasteiger partial charge in [-0.05, 0) is 157 Å². The molecule has 5 aromatic rings. The van der Waals surface area contributed by atoms with Gasteiger partial charge in [0.05, 0.1) is 5.54 Å². The Labute approximate surface area is 424 Å². The van der Waals surface area contributed by atoms with Crippen LogP contribution in [0.2, 0.25) is 0 Å². The summed E-state index contributed by atoms with van der Waals surface area (Å²) < 4.78 is 0. The average Bonchev–Trinajstić information content (AvgIpc) is 3.75. The maximum Gasteiger partial charge on any atom is 0.248 e. The Hall–Kier alpha value is -4.50. The average molecular weight is 927 g/mol. The Morgan fingerprint density at radius 1 is 0.571 bits per heavy atom. The first-order chi connectivity index (χ1) is 32.7. The first kappa shape index (κ1) is 46.6. The van der Waals surface area contributed by atoms with Crippen molar-refractivity contribution < 1.29 is 0 Å². The first-order valence-corrected chi connectivity index (χ1v) is 27.8. The van der Waals surface area contributed by atoms with Gasteiger partial charge in [0.2, 0.25) is 6.71 Å². The molecule has 3 heterocycles. The highest BCUT2D eigenvalue weighted by Gasteiger charge is 2.64. The largest absolute Gasteiger partial charge is 0.335 e. The van der Waals surface area contributed by atoms with Crippen LogP contribution in [0.25, 0.3) is 5.70 Å². The molecule has 5 atom stereocenters.